The minimum absolute atomic E-state index is 0.478. The van der Waals surface area contributed by atoms with Gasteiger partial charge in [-0.2, -0.15) is 0 Å². The Morgan fingerprint density at radius 3 is 2.94 bits per heavy atom. The van der Waals surface area contributed by atoms with Gasteiger partial charge in [-0.3, -0.25) is 0 Å². The Morgan fingerprint density at radius 2 is 2.17 bits per heavy atom. The average Bonchev–Trinajstić information content (AvgIpc) is 2.78. The summed E-state index contributed by atoms with van der Waals surface area (Å²) in [6.07, 6.45) is 5.87. The molecule has 1 aromatic heterocycles. The summed E-state index contributed by atoms with van der Waals surface area (Å²) >= 11 is 12.1. The number of imidazole rings is 1. The number of benzene rings is 1. The summed E-state index contributed by atoms with van der Waals surface area (Å²) in [7, 11) is 0. The standard InChI is InChI=1S/C13H12Cl2N2O/c14-9-3-4-10(11(15)8-9)13(18)5-1-2-12-16-6-7-17(12)13/h3-4,6-8,18H,1-2,5H2. The molecule has 3 nitrogen and oxygen atoms in total. The molecule has 2 aromatic rings. The molecule has 0 saturated heterocycles. The zero-order chi connectivity index (χ0) is 12.8. The number of aromatic nitrogens is 2. The van der Waals surface area contributed by atoms with Crippen molar-refractivity contribution in [2.75, 3.05) is 0 Å². The normalized spacial score (nSPS) is 22.8. The third-order valence-corrected chi connectivity index (χ3v) is 3.95. The molecule has 1 aliphatic rings. The second kappa shape index (κ2) is 4.26. The molecule has 1 aromatic carbocycles. The minimum Gasteiger partial charge on any atom is -0.366 e. The van der Waals surface area contributed by atoms with Crippen LogP contribution >= 0.6 is 23.2 Å². The lowest BCUT2D eigenvalue weighted by Gasteiger charge is -2.35. The van der Waals surface area contributed by atoms with Gasteiger partial charge in [0.1, 0.15) is 5.82 Å². The topological polar surface area (TPSA) is 38.1 Å². The third kappa shape index (κ3) is 1.74. The van der Waals surface area contributed by atoms with Crippen molar-refractivity contribution in [1.29, 1.82) is 0 Å². The highest BCUT2D eigenvalue weighted by Gasteiger charge is 2.37. The molecule has 1 N–H and O–H groups in total. The largest absolute Gasteiger partial charge is 0.366 e. The molecule has 3 rings (SSSR count). The predicted molar refractivity (Wildman–Crippen MR) is 70.9 cm³/mol. The number of aryl methyl sites for hydroxylation is 1. The molecule has 2 heterocycles. The van der Waals surface area contributed by atoms with E-state index in [9.17, 15) is 5.11 Å². The molecule has 1 atom stereocenters. The predicted octanol–water partition coefficient (Wildman–Crippen LogP) is 3.22. The Labute approximate surface area is 115 Å². The van der Waals surface area contributed by atoms with Crippen molar-refractivity contribution in [2.24, 2.45) is 0 Å². The summed E-state index contributed by atoms with van der Waals surface area (Å²) in [6, 6.07) is 5.17. The highest BCUT2D eigenvalue weighted by atomic mass is 35.5. The van der Waals surface area contributed by atoms with Gasteiger partial charge in [0, 0.05) is 35.8 Å². The van der Waals surface area contributed by atoms with Gasteiger partial charge in [0.15, 0.2) is 5.72 Å². The van der Waals surface area contributed by atoms with Crippen molar-refractivity contribution in [1.82, 2.24) is 9.55 Å². The van der Waals surface area contributed by atoms with E-state index in [0.29, 0.717) is 22.0 Å². The molecule has 18 heavy (non-hydrogen) atoms. The molecule has 0 amide bonds. The summed E-state index contributed by atoms with van der Waals surface area (Å²) in [4.78, 5) is 4.26. The quantitative estimate of drug-likeness (QED) is 0.872. The van der Waals surface area contributed by atoms with E-state index in [1.165, 1.54) is 0 Å². The van der Waals surface area contributed by atoms with E-state index in [0.717, 1.165) is 18.7 Å². The summed E-state index contributed by atoms with van der Waals surface area (Å²) in [5.41, 5.74) is -0.446. The molecule has 0 radical (unpaired) electrons. The van der Waals surface area contributed by atoms with Crippen LogP contribution in [0.25, 0.3) is 0 Å². The van der Waals surface area contributed by atoms with Gasteiger partial charge in [0.05, 0.1) is 5.02 Å². The molecule has 1 aliphatic heterocycles. The zero-order valence-electron chi connectivity index (χ0n) is 9.61. The van der Waals surface area contributed by atoms with E-state index < -0.39 is 5.72 Å². The van der Waals surface area contributed by atoms with Crippen LogP contribution in [0.3, 0.4) is 0 Å². The molecule has 0 spiro atoms. The molecule has 0 aliphatic carbocycles. The Hall–Kier alpha value is -1.03. The van der Waals surface area contributed by atoms with E-state index in [4.69, 9.17) is 23.2 Å². The van der Waals surface area contributed by atoms with Crippen LogP contribution in [-0.4, -0.2) is 14.7 Å². The second-order valence-electron chi connectivity index (χ2n) is 4.51. The molecule has 0 fully saturated rings. The van der Waals surface area contributed by atoms with E-state index in [1.807, 2.05) is 0 Å². The lowest BCUT2D eigenvalue weighted by atomic mass is 9.93. The fraction of sp³-hybridized carbons (Fsp3) is 0.308. The number of halogens is 2. The number of nitrogens with zero attached hydrogens (tertiary/aromatic N) is 2. The van der Waals surface area contributed by atoms with E-state index in [2.05, 4.69) is 4.98 Å². The summed E-state index contributed by atoms with van der Waals surface area (Å²) < 4.78 is 1.80. The van der Waals surface area contributed by atoms with Crippen LogP contribution in [0.4, 0.5) is 0 Å². The fourth-order valence-corrected chi connectivity index (χ4v) is 3.11. The Kier molecular flexibility index (Phi) is 2.85. The van der Waals surface area contributed by atoms with Crippen LogP contribution in [0.5, 0.6) is 0 Å². The van der Waals surface area contributed by atoms with Crippen LogP contribution in [0.2, 0.25) is 10.0 Å². The number of rotatable bonds is 1. The Balaban J connectivity index is 2.17. The zero-order valence-corrected chi connectivity index (χ0v) is 11.1. The van der Waals surface area contributed by atoms with Gasteiger partial charge in [-0.1, -0.05) is 29.3 Å². The smallest absolute Gasteiger partial charge is 0.170 e. The summed E-state index contributed by atoms with van der Waals surface area (Å²) in [6.45, 7) is 0. The second-order valence-corrected chi connectivity index (χ2v) is 5.35. The minimum atomic E-state index is -1.12. The van der Waals surface area contributed by atoms with Crippen molar-refractivity contribution >= 4 is 23.2 Å². The van der Waals surface area contributed by atoms with Crippen molar-refractivity contribution < 1.29 is 5.11 Å². The van der Waals surface area contributed by atoms with Crippen LogP contribution in [0.1, 0.15) is 24.2 Å². The lowest BCUT2D eigenvalue weighted by molar-refractivity contribution is -0.0171. The van der Waals surface area contributed by atoms with Crippen LogP contribution in [-0.2, 0) is 12.1 Å². The fourth-order valence-electron chi connectivity index (χ4n) is 2.55. The van der Waals surface area contributed by atoms with E-state index in [-0.39, 0.29) is 0 Å². The van der Waals surface area contributed by atoms with Crippen molar-refractivity contribution in [3.05, 3.63) is 52.0 Å². The first-order valence-electron chi connectivity index (χ1n) is 5.82. The van der Waals surface area contributed by atoms with E-state index >= 15 is 0 Å². The summed E-state index contributed by atoms with van der Waals surface area (Å²) in [5.74, 6) is 0.884. The van der Waals surface area contributed by atoms with Gasteiger partial charge in [-0.25, -0.2) is 4.98 Å². The van der Waals surface area contributed by atoms with Gasteiger partial charge in [0.2, 0.25) is 0 Å². The van der Waals surface area contributed by atoms with Gasteiger partial charge >= 0.3 is 0 Å². The average molecular weight is 283 g/mol. The molecule has 94 valence electrons. The first-order valence-corrected chi connectivity index (χ1v) is 6.57. The van der Waals surface area contributed by atoms with E-state index in [1.54, 1.807) is 35.2 Å². The maximum Gasteiger partial charge on any atom is 0.170 e. The van der Waals surface area contributed by atoms with Crippen LogP contribution < -0.4 is 0 Å². The highest BCUT2D eigenvalue weighted by molar-refractivity contribution is 6.35. The Morgan fingerprint density at radius 1 is 1.33 bits per heavy atom. The SMILES string of the molecule is OC1(c2ccc(Cl)cc2Cl)CCCc2nccn21. The van der Waals surface area contributed by atoms with Crippen molar-refractivity contribution in [2.45, 2.75) is 25.0 Å². The van der Waals surface area contributed by atoms with Crippen molar-refractivity contribution in [3.63, 3.8) is 0 Å². The van der Waals surface area contributed by atoms with Gasteiger partial charge < -0.3 is 9.67 Å². The number of fused-ring (bicyclic) bond motifs is 1. The Bertz CT molecular complexity index is 596. The monoisotopic (exact) mass is 282 g/mol. The van der Waals surface area contributed by atoms with Gasteiger partial charge in [-0.05, 0) is 18.6 Å². The van der Waals surface area contributed by atoms with Gasteiger partial charge in [-0.15, -0.1) is 0 Å². The van der Waals surface area contributed by atoms with Gasteiger partial charge in [0.25, 0.3) is 0 Å². The summed E-state index contributed by atoms with van der Waals surface area (Å²) in [5, 5.41) is 12.0. The molecule has 1 unspecified atom stereocenters. The lowest BCUT2D eigenvalue weighted by Crippen LogP contribution is -2.38. The number of hydrogen-bond donors (Lipinski definition) is 1. The molecule has 5 heteroatoms. The number of aliphatic hydroxyl groups is 1. The van der Waals surface area contributed by atoms with Crippen LogP contribution in [0.15, 0.2) is 30.6 Å². The number of hydrogen-bond acceptors (Lipinski definition) is 2. The maximum atomic E-state index is 11.0. The van der Waals surface area contributed by atoms with Crippen molar-refractivity contribution in [3.8, 4) is 0 Å². The first kappa shape index (κ1) is 12.0. The first-order chi connectivity index (χ1) is 8.61. The molecular formula is C13H12Cl2N2O. The van der Waals surface area contributed by atoms with Crippen LogP contribution in [0, 0.1) is 0 Å². The third-order valence-electron chi connectivity index (χ3n) is 3.40. The molecule has 0 bridgehead atoms. The maximum absolute atomic E-state index is 11.0. The molecule has 0 saturated carbocycles. The molecular weight excluding hydrogens is 271 g/mol. The highest BCUT2D eigenvalue weighted by Crippen LogP contribution is 2.38.